The third-order valence-electron chi connectivity index (χ3n) is 2.05. The lowest BCUT2D eigenvalue weighted by atomic mass is 10.1. The van der Waals surface area contributed by atoms with E-state index in [1.165, 1.54) is 0 Å². The molecule has 0 atom stereocenters. The lowest BCUT2D eigenvalue weighted by Crippen LogP contribution is -2.15. The number of carbonyl (C=O) groups excluding carboxylic acids is 1. The molecule has 2 heteroatoms. The van der Waals surface area contributed by atoms with Gasteiger partial charge < -0.3 is 5.32 Å². The van der Waals surface area contributed by atoms with Gasteiger partial charge in [-0.25, -0.2) is 0 Å². The number of allylic oxidation sites excluding steroid dienone is 2. The largest absolute Gasteiger partial charge is 0.359 e. The van der Waals surface area contributed by atoms with E-state index in [2.05, 4.69) is 11.9 Å². The first-order chi connectivity index (χ1) is 7.24. The van der Waals surface area contributed by atoms with Gasteiger partial charge in [-0.2, -0.15) is 0 Å². The van der Waals surface area contributed by atoms with E-state index in [0.717, 1.165) is 11.1 Å². The molecule has 2 nitrogen and oxygen atoms in total. The second kappa shape index (κ2) is 5.81. The summed E-state index contributed by atoms with van der Waals surface area (Å²) in [4.78, 5) is 10.9. The molecule has 0 saturated heterocycles. The van der Waals surface area contributed by atoms with E-state index in [1.54, 1.807) is 7.05 Å². The minimum Gasteiger partial charge on any atom is -0.359 e. The third kappa shape index (κ3) is 3.81. The maximum absolute atomic E-state index is 10.9. The highest BCUT2D eigenvalue weighted by Gasteiger charge is 1.94. The highest BCUT2D eigenvalue weighted by molar-refractivity contribution is 5.78. The molecule has 0 aliphatic rings. The molecule has 1 amide bonds. The van der Waals surface area contributed by atoms with Gasteiger partial charge in [-0.1, -0.05) is 49.1 Å². The Bertz CT molecular complexity index is 365. The van der Waals surface area contributed by atoms with Crippen molar-refractivity contribution in [2.75, 3.05) is 7.05 Å². The first-order valence-electron chi connectivity index (χ1n) is 4.85. The predicted molar refractivity (Wildman–Crippen MR) is 63.3 cm³/mol. The molecule has 0 aliphatic heterocycles. The molecule has 1 aromatic carbocycles. The van der Waals surface area contributed by atoms with Gasteiger partial charge in [-0.3, -0.25) is 4.79 Å². The zero-order chi connectivity index (χ0) is 11.1. The number of hydrogen-bond acceptors (Lipinski definition) is 1. The zero-order valence-electron chi connectivity index (χ0n) is 8.86. The number of hydrogen-bond donors (Lipinski definition) is 1. The summed E-state index contributed by atoms with van der Waals surface area (Å²) in [5.74, 6) is 0.00658. The van der Waals surface area contributed by atoms with Gasteiger partial charge in [0.2, 0.25) is 5.91 Å². The Morgan fingerprint density at radius 2 is 2.07 bits per heavy atom. The minimum absolute atomic E-state index is 0.00658. The van der Waals surface area contributed by atoms with Crippen LogP contribution in [0.3, 0.4) is 0 Å². The highest BCUT2D eigenvalue weighted by Crippen LogP contribution is 2.12. The summed E-state index contributed by atoms with van der Waals surface area (Å²) < 4.78 is 0. The van der Waals surface area contributed by atoms with Crippen molar-refractivity contribution in [2.45, 2.75) is 6.42 Å². The Labute approximate surface area is 90.3 Å². The van der Waals surface area contributed by atoms with E-state index >= 15 is 0 Å². The van der Waals surface area contributed by atoms with E-state index in [4.69, 9.17) is 0 Å². The summed E-state index contributed by atoms with van der Waals surface area (Å²) >= 11 is 0. The Kier molecular flexibility index (Phi) is 4.35. The van der Waals surface area contributed by atoms with Crippen LogP contribution in [0.2, 0.25) is 0 Å². The summed E-state index contributed by atoms with van der Waals surface area (Å²) in [5, 5.41) is 2.56. The Morgan fingerprint density at radius 3 is 2.67 bits per heavy atom. The normalized spacial score (nSPS) is 10.2. The maximum atomic E-state index is 10.9. The van der Waals surface area contributed by atoms with Crippen molar-refractivity contribution >= 4 is 11.5 Å². The van der Waals surface area contributed by atoms with Crippen LogP contribution in [0.4, 0.5) is 0 Å². The van der Waals surface area contributed by atoms with Gasteiger partial charge in [0.1, 0.15) is 0 Å². The van der Waals surface area contributed by atoms with E-state index in [1.807, 2.05) is 42.5 Å². The smallest absolute Gasteiger partial charge is 0.223 e. The number of rotatable bonds is 4. The zero-order valence-corrected chi connectivity index (χ0v) is 8.86. The molecule has 15 heavy (non-hydrogen) atoms. The second-order valence-corrected chi connectivity index (χ2v) is 3.17. The molecule has 0 aromatic heterocycles. The second-order valence-electron chi connectivity index (χ2n) is 3.17. The molecule has 0 radical (unpaired) electrons. The maximum Gasteiger partial charge on any atom is 0.223 e. The van der Waals surface area contributed by atoms with Crippen LogP contribution in [0.1, 0.15) is 12.0 Å². The predicted octanol–water partition coefficient (Wildman–Crippen LogP) is 2.39. The molecular formula is C13H15NO. The molecule has 0 fully saturated rings. The number of carbonyl (C=O) groups is 1. The van der Waals surface area contributed by atoms with Crippen molar-refractivity contribution in [2.24, 2.45) is 0 Å². The van der Waals surface area contributed by atoms with Crippen LogP contribution in [0, 0.1) is 0 Å². The van der Waals surface area contributed by atoms with E-state index in [9.17, 15) is 4.79 Å². The van der Waals surface area contributed by atoms with Gasteiger partial charge in [-0.15, -0.1) is 0 Å². The topological polar surface area (TPSA) is 29.1 Å². The molecule has 1 N–H and O–H groups in total. The van der Waals surface area contributed by atoms with E-state index < -0.39 is 0 Å². The Morgan fingerprint density at radius 1 is 1.40 bits per heavy atom. The van der Waals surface area contributed by atoms with Crippen molar-refractivity contribution in [3.63, 3.8) is 0 Å². The lowest BCUT2D eigenvalue weighted by Gasteiger charge is -1.99. The average molecular weight is 201 g/mol. The van der Waals surface area contributed by atoms with Gasteiger partial charge >= 0.3 is 0 Å². The molecule has 0 aliphatic carbocycles. The summed E-state index contributed by atoms with van der Waals surface area (Å²) in [6.45, 7) is 3.93. The molecule has 0 heterocycles. The van der Waals surface area contributed by atoms with Gasteiger partial charge in [-0.05, 0) is 11.1 Å². The van der Waals surface area contributed by atoms with Crippen molar-refractivity contribution in [1.29, 1.82) is 0 Å². The number of amides is 1. The van der Waals surface area contributed by atoms with Crippen LogP contribution in [0.25, 0.3) is 5.57 Å². The van der Waals surface area contributed by atoms with Crippen molar-refractivity contribution in [3.8, 4) is 0 Å². The van der Waals surface area contributed by atoms with Crippen LogP contribution in [-0.4, -0.2) is 13.0 Å². The summed E-state index contributed by atoms with van der Waals surface area (Å²) in [6, 6.07) is 9.88. The molecular weight excluding hydrogens is 186 g/mol. The average Bonchev–Trinajstić information content (AvgIpc) is 2.29. The summed E-state index contributed by atoms with van der Waals surface area (Å²) in [7, 11) is 1.63. The Balaban J connectivity index is 2.53. The van der Waals surface area contributed by atoms with Crippen LogP contribution >= 0.6 is 0 Å². The quantitative estimate of drug-likeness (QED) is 0.744. The first-order valence-corrected chi connectivity index (χ1v) is 4.85. The fraction of sp³-hybridized carbons (Fsp3) is 0.154. The van der Waals surface area contributed by atoms with Crippen LogP contribution in [0.5, 0.6) is 0 Å². The molecule has 0 spiro atoms. The fourth-order valence-corrected chi connectivity index (χ4v) is 1.16. The first kappa shape index (κ1) is 11.2. The van der Waals surface area contributed by atoms with Crippen LogP contribution < -0.4 is 5.32 Å². The molecule has 0 unspecified atom stereocenters. The SMILES string of the molecule is C=C(/C=C/CC(=O)NC)c1ccccc1. The monoisotopic (exact) mass is 201 g/mol. The minimum atomic E-state index is 0.00658. The molecule has 1 rings (SSSR count). The van der Waals surface area contributed by atoms with Gasteiger partial charge in [0.05, 0.1) is 0 Å². The molecule has 0 bridgehead atoms. The van der Waals surface area contributed by atoms with Gasteiger partial charge in [0.25, 0.3) is 0 Å². The van der Waals surface area contributed by atoms with Crippen LogP contribution in [-0.2, 0) is 4.79 Å². The van der Waals surface area contributed by atoms with Crippen molar-refractivity contribution in [3.05, 3.63) is 54.6 Å². The van der Waals surface area contributed by atoms with Crippen LogP contribution in [0.15, 0.2) is 49.1 Å². The van der Waals surface area contributed by atoms with Gasteiger partial charge in [0.15, 0.2) is 0 Å². The standard InChI is InChI=1S/C13H15NO/c1-11(7-6-10-13(15)14-2)12-8-4-3-5-9-12/h3-9H,1,10H2,2H3,(H,14,15)/b7-6+. The molecule has 1 aromatic rings. The number of benzene rings is 1. The molecule has 78 valence electrons. The van der Waals surface area contributed by atoms with Gasteiger partial charge in [0, 0.05) is 13.5 Å². The third-order valence-corrected chi connectivity index (χ3v) is 2.05. The van der Waals surface area contributed by atoms with E-state index in [0.29, 0.717) is 6.42 Å². The summed E-state index contributed by atoms with van der Waals surface area (Å²) in [6.07, 6.45) is 4.07. The molecule has 0 saturated carbocycles. The Hall–Kier alpha value is -1.83. The van der Waals surface area contributed by atoms with Crippen molar-refractivity contribution < 1.29 is 4.79 Å². The number of nitrogens with one attached hydrogen (secondary N) is 1. The highest BCUT2D eigenvalue weighted by atomic mass is 16.1. The fourth-order valence-electron chi connectivity index (χ4n) is 1.16. The lowest BCUT2D eigenvalue weighted by molar-refractivity contribution is -0.119. The van der Waals surface area contributed by atoms with Crippen molar-refractivity contribution in [1.82, 2.24) is 5.32 Å². The summed E-state index contributed by atoms with van der Waals surface area (Å²) in [5.41, 5.74) is 1.99. The van der Waals surface area contributed by atoms with E-state index in [-0.39, 0.29) is 5.91 Å².